The van der Waals surface area contributed by atoms with Crippen LogP contribution in [0.1, 0.15) is 33.6 Å². The van der Waals surface area contributed by atoms with Gasteiger partial charge < -0.3 is 10.1 Å². The summed E-state index contributed by atoms with van der Waals surface area (Å²) < 4.78 is 16.1. The molecule has 96 valence electrons. The lowest BCUT2D eigenvalue weighted by atomic mass is 10.2. The summed E-state index contributed by atoms with van der Waals surface area (Å²) in [7, 11) is -0.797. The Morgan fingerprint density at radius 2 is 2.06 bits per heavy atom. The number of ether oxygens (including phenoxy) is 1. The average molecular weight is 249 g/mol. The quantitative estimate of drug-likeness (QED) is 0.654. The second-order valence-corrected chi connectivity index (χ2v) is 5.57. The molecule has 0 spiro atoms. The van der Waals surface area contributed by atoms with Crippen LogP contribution in [0.4, 0.5) is 0 Å². The molecule has 1 N–H and O–H groups in total. The minimum atomic E-state index is -0.797. The molecule has 0 aromatic carbocycles. The van der Waals surface area contributed by atoms with Gasteiger partial charge in [-0.3, -0.25) is 9.00 Å². The number of esters is 1. The zero-order valence-corrected chi connectivity index (χ0v) is 11.4. The lowest BCUT2D eigenvalue weighted by molar-refractivity contribution is -0.145. The SMILES string of the molecule is CCOC(=O)C(CC)NCCC(C)S(C)=O. The van der Waals surface area contributed by atoms with Gasteiger partial charge in [-0.25, -0.2) is 0 Å². The second kappa shape index (κ2) is 8.70. The van der Waals surface area contributed by atoms with Crippen LogP contribution in [0.5, 0.6) is 0 Å². The topological polar surface area (TPSA) is 55.4 Å². The minimum Gasteiger partial charge on any atom is -0.465 e. The minimum absolute atomic E-state index is 0.159. The van der Waals surface area contributed by atoms with Gasteiger partial charge in [0.25, 0.3) is 0 Å². The molecule has 0 heterocycles. The maximum atomic E-state index is 11.4. The fourth-order valence-electron chi connectivity index (χ4n) is 1.26. The van der Waals surface area contributed by atoms with Gasteiger partial charge in [-0.15, -0.1) is 0 Å². The summed E-state index contributed by atoms with van der Waals surface area (Å²) in [6.07, 6.45) is 3.22. The van der Waals surface area contributed by atoms with Crippen LogP contribution in [-0.2, 0) is 20.3 Å². The van der Waals surface area contributed by atoms with Crippen molar-refractivity contribution in [2.24, 2.45) is 0 Å². The summed E-state index contributed by atoms with van der Waals surface area (Å²) in [4.78, 5) is 11.4. The zero-order chi connectivity index (χ0) is 12.6. The Bertz CT molecular complexity index is 233. The zero-order valence-electron chi connectivity index (χ0n) is 10.6. The predicted molar refractivity (Wildman–Crippen MR) is 66.9 cm³/mol. The van der Waals surface area contributed by atoms with Crippen LogP contribution in [0.3, 0.4) is 0 Å². The van der Waals surface area contributed by atoms with E-state index >= 15 is 0 Å². The molecule has 0 saturated heterocycles. The van der Waals surface area contributed by atoms with Crippen molar-refractivity contribution in [2.45, 2.75) is 44.9 Å². The van der Waals surface area contributed by atoms with Crippen molar-refractivity contribution >= 4 is 16.8 Å². The molecule has 3 atom stereocenters. The van der Waals surface area contributed by atoms with E-state index in [-0.39, 0.29) is 17.3 Å². The monoisotopic (exact) mass is 249 g/mol. The Kier molecular flexibility index (Phi) is 8.47. The van der Waals surface area contributed by atoms with Gasteiger partial charge in [-0.2, -0.15) is 0 Å². The number of hydrogen-bond acceptors (Lipinski definition) is 4. The molecule has 0 rings (SSSR count). The van der Waals surface area contributed by atoms with Gasteiger partial charge in [0.05, 0.1) is 6.61 Å². The van der Waals surface area contributed by atoms with E-state index < -0.39 is 10.8 Å². The van der Waals surface area contributed by atoms with Crippen molar-refractivity contribution in [1.82, 2.24) is 5.32 Å². The first-order chi connectivity index (χ1) is 7.52. The van der Waals surface area contributed by atoms with Crippen LogP contribution in [0.25, 0.3) is 0 Å². The summed E-state index contributed by atoms with van der Waals surface area (Å²) in [5.41, 5.74) is 0. The molecule has 0 aromatic rings. The van der Waals surface area contributed by atoms with Crippen LogP contribution in [0.2, 0.25) is 0 Å². The molecular weight excluding hydrogens is 226 g/mol. The Balaban J connectivity index is 3.87. The first kappa shape index (κ1) is 15.6. The van der Waals surface area contributed by atoms with E-state index in [2.05, 4.69) is 5.32 Å². The van der Waals surface area contributed by atoms with Gasteiger partial charge >= 0.3 is 5.97 Å². The van der Waals surface area contributed by atoms with Crippen molar-refractivity contribution in [1.29, 1.82) is 0 Å². The standard InChI is InChI=1S/C11H23NO3S/c1-5-10(11(13)15-6-2)12-8-7-9(3)16(4)14/h9-10,12H,5-8H2,1-4H3. The van der Waals surface area contributed by atoms with Gasteiger partial charge in [-0.1, -0.05) is 13.8 Å². The molecule has 3 unspecified atom stereocenters. The van der Waals surface area contributed by atoms with Crippen LogP contribution in [-0.4, -0.2) is 40.9 Å². The first-order valence-electron chi connectivity index (χ1n) is 5.75. The highest BCUT2D eigenvalue weighted by Crippen LogP contribution is 2.00. The number of carbonyl (C=O) groups is 1. The Morgan fingerprint density at radius 1 is 1.44 bits per heavy atom. The summed E-state index contributed by atoms with van der Waals surface area (Å²) in [6, 6.07) is -0.238. The van der Waals surface area contributed by atoms with Gasteiger partial charge in [-0.05, 0) is 26.3 Å². The van der Waals surface area contributed by atoms with Crippen LogP contribution < -0.4 is 5.32 Å². The third-order valence-electron chi connectivity index (χ3n) is 2.49. The first-order valence-corrected chi connectivity index (χ1v) is 7.37. The van der Waals surface area contributed by atoms with Crippen molar-refractivity contribution in [3.05, 3.63) is 0 Å². The molecular formula is C11H23NO3S. The second-order valence-electron chi connectivity index (χ2n) is 3.76. The van der Waals surface area contributed by atoms with E-state index in [0.717, 1.165) is 6.42 Å². The Hall–Kier alpha value is -0.420. The highest BCUT2D eigenvalue weighted by atomic mass is 32.2. The van der Waals surface area contributed by atoms with E-state index in [1.165, 1.54) is 0 Å². The van der Waals surface area contributed by atoms with Gasteiger partial charge in [0.1, 0.15) is 6.04 Å². The summed E-state index contributed by atoms with van der Waals surface area (Å²) >= 11 is 0. The molecule has 0 bridgehead atoms. The van der Waals surface area contributed by atoms with Crippen LogP contribution in [0.15, 0.2) is 0 Å². The fourth-order valence-corrected chi connectivity index (χ4v) is 1.71. The third-order valence-corrected chi connectivity index (χ3v) is 3.86. The predicted octanol–water partition coefficient (Wildman–Crippen LogP) is 1.07. The summed E-state index contributed by atoms with van der Waals surface area (Å²) in [5, 5.41) is 3.29. The van der Waals surface area contributed by atoms with Crippen molar-refractivity contribution in [2.75, 3.05) is 19.4 Å². The van der Waals surface area contributed by atoms with Crippen molar-refractivity contribution in [3.8, 4) is 0 Å². The number of rotatable bonds is 8. The lowest BCUT2D eigenvalue weighted by Gasteiger charge is -2.16. The molecule has 16 heavy (non-hydrogen) atoms. The molecule has 0 aliphatic rings. The summed E-state index contributed by atoms with van der Waals surface area (Å²) in [6.45, 7) is 6.79. The number of carbonyl (C=O) groups excluding carboxylic acids is 1. The molecule has 4 nitrogen and oxygen atoms in total. The van der Waals surface area contributed by atoms with Gasteiger partial charge in [0.2, 0.25) is 0 Å². The van der Waals surface area contributed by atoms with E-state index in [9.17, 15) is 9.00 Å². The molecule has 0 aliphatic carbocycles. The maximum Gasteiger partial charge on any atom is 0.323 e. The van der Waals surface area contributed by atoms with Gasteiger partial charge in [0.15, 0.2) is 0 Å². The van der Waals surface area contributed by atoms with Gasteiger partial charge in [0, 0.05) is 22.3 Å². The molecule has 0 radical (unpaired) electrons. The Morgan fingerprint density at radius 3 is 2.50 bits per heavy atom. The van der Waals surface area contributed by atoms with E-state index in [0.29, 0.717) is 19.6 Å². The average Bonchev–Trinajstić information content (AvgIpc) is 2.24. The smallest absolute Gasteiger partial charge is 0.323 e. The molecule has 0 amide bonds. The summed E-state index contributed by atoms with van der Waals surface area (Å²) in [5.74, 6) is -0.199. The van der Waals surface area contributed by atoms with E-state index in [1.54, 1.807) is 13.2 Å². The normalized spacial score (nSPS) is 16.5. The van der Waals surface area contributed by atoms with Crippen LogP contribution in [0, 0.1) is 0 Å². The largest absolute Gasteiger partial charge is 0.465 e. The number of hydrogen-bond donors (Lipinski definition) is 1. The lowest BCUT2D eigenvalue weighted by Crippen LogP contribution is -2.39. The third kappa shape index (κ3) is 6.23. The molecule has 0 fully saturated rings. The maximum absolute atomic E-state index is 11.4. The molecule has 0 saturated carbocycles. The van der Waals surface area contributed by atoms with E-state index in [4.69, 9.17) is 4.74 Å². The highest BCUT2D eigenvalue weighted by Gasteiger charge is 2.17. The fraction of sp³-hybridized carbons (Fsp3) is 0.909. The highest BCUT2D eigenvalue weighted by molar-refractivity contribution is 7.84. The van der Waals surface area contributed by atoms with Crippen molar-refractivity contribution < 1.29 is 13.7 Å². The molecule has 5 heteroatoms. The van der Waals surface area contributed by atoms with E-state index in [1.807, 2.05) is 13.8 Å². The van der Waals surface area contributed by atoms with Crippen molar-refractivity contribution in [3.63, 3.8) is 0 Å². The Labute approximate surface area is 101 Å². The molecule has 0 aliphatic heterocycles. The molecule has 0 aromatic heterocycles. The number of nitrogens with one attached hydrogen (secondary N) is 1. The van der Waals surface area contributed by atoms with Crippen LogP contribution >= 0.6 is 0 Å².